The van der Waals surface area contributed by atoms with Crippen LogP contribution in [0.5, 0.6) is 5.75 Å². The van der Waals surface area contributed by atoms with Crippen LogP contribution in [0.1, 0.15) is 18.4 Å². The summed E-state index contributed by atoms with van der Waals surface area (Å²) in [4.78, 5) is 2.27. The van der Waals surface area contributed by atoms with Gasteiger partial charge in [-0.25, -0.2) is 12.8 Å². The molecule has 1 saturated heterocycles. The lowest BCUT2D eigenvalue weighted by Crippen LogP contribution is -2.35. The number of hydrogen-bond acceptors (Lipinski definition) is 4. The first-order chi connectivity index (χ1) is 12.4. The Bertz CT molecular complexity index is 832. The molecular formula is C19H23FN2O3S. The van der Waals surface area contributed by atoms with Gasteiger partial charge in [-0.05, 0) is 50.2 Å². The average Bonchev–Trinajstić information content (AvgIpc) is 2.60. The molecule has 0 atom stereocenters. The number of piperidine rings is 1. The van der Waals surface area contributed by atoms with Gasteiger partial charge in [0.25, 0.3) is 0 Å². The largest absolute Gasteiger partial charge is 0.490 e. The molecule has 0 unspecified atom stereocenters. The lowest BCUT2D eigenvalue weighted by Gasteiger charge is -2.29. The molecule has 3 rings (SSSR count). The smallest absolute Gasteiger partial charge is 0.237 e. The summed E-state index contributed by atoms with van der Waals surface area (Å²) in [7, 11) is -1.60. The summed E-state index contributed by atoms with van der Waals surface area (Å²) in [6, 6.07) is 12.7. The lowest BCUT2D eigenvalue weighted by atomic mass is 10.1. The molecule has 2 aromatic rings. The summed E-state index contributed by atoms with van der Waals surface area (Å²) in [6.07, 6.45) is 2.15. The summed E-state index contributed by atoms with van der Waals surface area (Å²) >= 11 is 0. The maximum atomic E-state index is 13.6. The zero-order chi connectivity index (χ0) is 18.6. The van der Waals surface area contributed by atoms with Crippen LogP contribution in [-0.2, 0) is 15.8 Å². The van der Waals surface area contributed by atoms with Crippen molar-refractivity contribution in [1.29, 1.82) is 0 Å². The maximum absolute atomic E-state index is 13.6. The van der Waals surface area contributed by atoms with E-state index in [1.165, 1.54) is 18.2 Å². The molecule has 0 aromatic heterocycles. The molecule has 1 heterocycles. The first kappa shape index (κ1) is 18.7. The number of rotatable bonds is 6. The summed E-state index contributed by atoms with van der Waals surface area (Å²) in [5.74, 6) is -0.218. The predicted octanol–water partition coefficient (Wildman–Crippen LogP) is 3.24. The van der Waals surface area contributed by atoms with E-state index in [9.17, 15) is 12.8 Å². The normalized spacial score (nSPS) is 16.4. The third-order valence-electron chi connectivity index (χ3n) is 4.40. The molecule has 26 heavy (non-hydrogen) atoms. The van der Waals surface area contributed by atoms with E-state index in [4.69, 9.17) is 4.74 Å². The van der Waals surface area contributed by atoms with Crippen LogP contribution in [-0.4, -0.2) is 39.6 Å². The van der Waals surface area contributed by atoms with Crippen LogP contribution in [0.3, 0.4) is 0 Å². The van der Waals surface area contributed by atoms with Crippen molar-refractivity contribution < 1.29 is 17.5 Å². The van der Waals surface area contributed by atoms with Crippen molar-refractivity contribution in [2.24, 2.45) is 0 Å². The van der Waals surface area contributed by atoms with E-state index >= 15 is 0 Å². The molecular weight excluding hydrogens is 355 g/mol. The van der Waals surface area contributed by atoms with Crippen LogP contribution in [0, 0.1) is 5.82 Å². The molecule has 0 spiro atoms. The van der Waals surface area contributed by atoms with E-state index in [1.807, 2.05) is 0 Å². The maximum Gasteiger partial charge on any atom is 0.237 e. The summed E-state index contributed by atoms with van der Waals surface area (Å²) in [6.45, 7) is 2.02. The minimum atomic E-state index is -3.69. The number of anilines is 1. The number of benzene rings is 2. The van der Waals surface area contributed by atoms with E-state index < -0.39 is 21.6 Å². The standard InChI is InChI=1S/C19H23FN2O3S/c1-22-12-10-18(11-13-22)25-17-8-6-16(7-9-17)21-26(23,24)14-15-4-2-3-5-19(15)20/h2-9,18,21H,10-14H2,1H3. The number of ether oxygens (including phenoxy) is 1. The lowest BCUT2D eigenvalue weighted by molar-refractivity contribution is 0.114. The highest BCUT2D eigenvalue weighted by atomic mass is 32.2. The van der Waals surface area contributed by atoms with Gasteiger partial charge in [0.15, 0.2) is 0 Å². The van der Waals surface area contributed by atoms with E-state index in [2.05, 4.69) is 16.7 Å². The summed E-state index contributed by atoms with van der Waals surface area (Å²) in [5, 5.41) is 0. The highest BCUT2D eigenvalue weighted by molar-refractivity contribution is 7.91. The van der Waals surface area contributed by atoms with Crippen LogP contribution >= 0.6 is 0 Å². The van der Waals surface area contributed by atoms with E-state index in [0.29, 0.717) is 5.69 Å². The van der Waals surface area contributed by atoms with Crippen molar-refractivity contribution in [2.45, 2.75) is 24.7 Å². The fourth-order valence-corrected chi connectivity index (χ4v) is 4.14. The zero-order valence-corrected chi connectivity index (χ0v) is 15.5. The minimum Gasteiger partial charge on any atom is -0.490 e. The van der Waals surface area contributed by atoms with Gasteiger partial charge in [-0.3, -0.25) is 4.72 Å². The predicted molar refractivity (Wildman–Crippen MR) is 100 cm³/mol. The molecule has 1 aliphatic heterocycles. The molecule has 1 N–H and O–H groups in total. The van der Waals surface area contributed by atoms with E-state index in [1.54, 1.807) is 30.3 Å². The second-order valence-corrected chi connectivity index (χ2v) is 8.32. The van der Waals surface area contributed by atoms with Crippen molar-refractivity contribution in [2.75, 3.05) is 24.9 Å². The fraction of sp³-hybridized carbons (Fsp3) is 0.368. The Labute approximate surface area is 153 Å². The van der Waals surface area contributed by atoms with Crippen LogP contribution in [0.15, 0.2) is 48.5 Å². The van der Waals surface area contributed by atoms with Gasteiger partial charge in [0.05, 0.1) is 5.75 Å². The molecule has 140 valence electrons. The topological polar surface area (TPSA) is 58.6 Å². The van der Waals surface area contributed by atoms with Gasteiger partial charge in [0.1, 0.15) is 17.7 Å². The molecule has 0 aliphatic carbocycles. The first-order valence-corrected chi connectivity index (χ1v) is 10.3. The Hall–Kier alpha value is -2.12. The van der Waals surface area contributed by atoms with Crippen molar-refractivity contribution >= 4 is 15.7 Å². The highest BCUT2D eigenvalue weighted by Gasteiger charge is 2.18. The molecule has 0 saturated carbocycles. The zero-order valence-electron chi connectivity index (χ0n) is 14.7. The third kappa shape index (κ3) is 5.19. The quantitative estimate of drug-likeness (QED) is 0.838. The molecule has 1 fully saturated rings. The minimum absolute atomic E-state index is 0.141. The molecule has 0 amide bonds. The van der Waals surface area contributed by atoms with Crippen LogP contribution in [0.2, 0.25) is 0 Å². The van der Waals surface area contributed by atoms with Crippen molar-refractivity contribution in [3.63, 3.8) is 0 Å². The molecule has 7 heteroatoms. The molecule has 1 aliphatic rings. The molecule has 0 radical (unpaired) electrons. The Morgan fingerprint density at radius 3 is 2.42 bits per heavy atom. The Balaban J connectivity index is 1.59. The fourth-order valence-electron chi connectivity index (χ4n) is 2.93. The van der Waals surface area contributed by atoms with Gasteiger partial charge in [-0.15, -0.1) is 0 Å². The molecule has 5 nitrogen and oxygen atoms in total. The summed E-state index contributed by atoms with van der Waals surface area (Å²) in [5.41, 5.74) is 0.569. The van der Waals surface area contributed by atoms with Gasteiger partial charge < -0.3 is 9.64 Å². The Morgan fingerprint density at radius 2 is 1.77 bits per heavy atom. The number of sulfonamides is 1. The van der Waals surface area contributed by atoms with Crippen molar-refractivity contribution in [1.82, 2.24) is 4.90 Å². The van der Waals surface area contributed by atoms with Gasteiger partial charge in [0, 0.05) is 24.3 Å². The second kappa shape index (κ2) is 8.05. The third-order valence-corrected chi connectivity index (χ3v) is 5.64. The van der Waals surface area contributed by atoms with Gasteiger partial charge in [-0.1, -0.05) is 18.2 Å². The van der Waals surface area contributed by atoms with Crippen LogP contribution in [0.25, 0.3) is 0 Å². The van der Waals surface area contributed by atoms with Gasteiger partial charge in [0.2, 0.25) is 10.0 Å². The molecule has 0 bridgehead atoms. The van der Waals surface area contributed by atoms with E-state index in [-0.39, 0.29) is 11.7 Å². The highest BCUT2D eigenvalue weighted by Crippen LogP contribution is 2.22. The number of likely N-dealkylation sites (tertiary alicyclic amines) is 1. The SMILES string of the molecule is CN1CCC(Oc2ccc(NS(=O)(=O)Cc3ccccc3F)cc2)CC1. The van der Waals surface area contributed by atoms with Crippen molar-refractivity contribution in [3.8, 4) is 5.75 Å². The number of hydrogen-bond donors (Lipinski definition) is 1. The first-order valence-electron chi connectivity index (χ1n) is 8.60. The van der Waals surface area contributed by atoms with Crippen molar-refractivity contribution in [3.05, 3.63) is 59.9 Å². The van der Waals surface area contributed by atoms with E-state index in [0.717, 1.165) is 31.7 Å². The number of halogens is 1. The number of nitrogens with one attached hydrogen (secondary N) is 1. The molecule has 2 aromatic carbocycles. The second-order valence-electron chi connectivity index (χ2n) is 6.60. The Morgan fingerprint density at radius 1 is 1.12 bits per heavy atom. The average molecular weight is 378 g/mol. The van der Waals surface area contributed by atoms with Gasteiger partial charge >= 0.3 is 0 Å². The summed E-state index contributed by atoms with van der Waals surface area (Å²) < 4.78 is 46.5. The van der Waals surface area contributed by atoms with Crippen LogP contribution in [0.4, 0.5) is 10.1 Å². The number of nitrogens with zero attached hydrogens (tertiary/aromatic N) is 1. The monoisotopic (exact) mass is 378 g/mol. The van der Waals surface area contributed by atoms with Gasteiger partial charge in [-0.2, -0.15) is 0 Å². The Kier molecular flexibility index (Phi) is 5.78. The van der Waals surface area contributed by atoms with Crippen LogP contribution < -0.4 is 9.46 Å².